The van der Waals surface area contributed by atoms with E-state index >= 15 is 0 Å². The number of nitrogens with one attached hydrogen (secondary N) is 1. The van der Waals surface area contributed by atoms with E-state index in [4.69, 9.17) is 4.74 Å². The second-order valence-electron chi connectivity index (χ2n) is 3.59. The molecule has 2 N–H and O–H groups in total. The summed E-state index contributed by atoms with van der Waals surface area (Å²) in [6.07, 6.45) is 0. The smallest absolute Gasteiger partial charge is 0.311 e. The van der Waals surface area contributed by atoms with Crippen molar-refractivity contribution in [2.45, 2.75) is 6.04 Å². The number of benzene rings is 1. The molecule has 0 amide bonds. The van der Waals surface area contributed by atoms with Crippen LogP contribution < -0.4 is 5.32 Å². The highest BCUT2D eigenvalue weighted by Gasteiger charge is 2.20. The molecule has 1 saturated heterocycles. The Morgan fingerprint density at radius 2 is 2.29 bits per heavy atom. The molecule has 6 nitrogen and oxygen atoms in total. The number of hydrogen-bond acceptors (Lipinski definition) is 5. The normalized spacial score (nSPS) is 19.4. The van der Waals surface area contributed by atoms with Crippen LogP contribution in [0.2, 0.25) is 0 Å². The largest absolute Gasteiger partial charge is 0.502 e. The summed E-state index contributed by atoms with van der Waals surface area (Å²) in [4.78, 5) is 10.1. The second kappa shape index (κ2) is 5.81. The van der Waals surface area contributed by atoms with Crippen molar-refractivity contribution in [3.05, 3.63) is 33.9 Å². The van der Waals surface area contributed by atoms with Crippen LogP contribution in [0.3, 0.4) is 0 Å². The molecule has 0 spiro atoms. The minimum atomic E-state index is -0.595. The van der Waals surface area contributed by atoms with E-state index in [9.17, 15) is 15.2 Å². The number of nitrogens with zero attached hydrogens (tertiary/aromatic N) is 1. The third-order valence-corrected chi connectivity index (χ3v) is 2.52. The van der Waals surface area contributed by atoms with Gasteiger partial charge in [-0.05, 0) is 11.6 Å². The van der Waals surface area contributed by atoms with Gasteiger partial charge in [0.05, 0.1) is 24.2 Å². The molecule has 0 aliphatic carbocycles. The van der Waals surface area contributed by atoms with Crippen LogP contribution in [-0.4, -0.2) is 29.8 Å². The molecule has 1 fully saturated rings. The van der Waals surface area contributed by atoms with Gasteiger partial charge in [-0.1, -0.05) is 6.07 Å². The Bertz CT molecular complexity index is 407. The molecule has 7 heteroatoms. The van der Waals surface area contributed by atoms with Crippen molar-refractivity contribution in [1.82, 2.24) is 5.32 Å². The lowest BCUT2D eigenvalue weighted by atomic mass is 10.1. The zero-order chi connectivity index (χ0) is 11.5. The van der Waals surface area contributed by atoms with Crippen LogP contribution in [0.1, 0.15) is 11.6 Å². The van der Waals surface area contributed by atoms with Crippen LogP contribution in [0.25, 0.3) is 0 Å². The predicted octanol–water partition coefficient (Wildman–Crippen LogP) is 1.38. The third kappa shape index (κ3) is 3.06. The molecule has 0 radical (unpaired) electrons. The maximum absolute atomic E-state index is 10.7. The first-order valence-electron chi connectivity index (χ1n) is 4.97. The maximum atomic E-state index is 10.7. The van der Waals surface area contributed by atoms with E-state index < -0.39 is 4.92 Å². The number of rotatable bonds is 2. The van der Waals surface area contributed by atoms with Crippen LogP contribution in [-0.2, 0) is 4.74 Å². The van der Waals surface area contributed by atoms with Crippen LogP contribution in [0, 0.1) is 10.1 Å². The Balaban J connectivity index is 0.00000144. The van der Waals surface area contributed by atoms with Gasteiger partial charge < -0.3 is 15.2 Å². The van der Waals surface area contributed by atoms with Gasteiger partial charge in [0.15, 0.2) is 5.75 Å². The van der Waals surface area contributed by atoms with Crippen molar-refractivity contribution >= 4 is 18.1 Å². The van der Waals surface area contributed by atoms with Gasteiger partial charge in [0.25, 0.3) is 0 Å². The fourth-order valence-corrected chi connectivity index (χ4v) is 1.68. The standard InChI is InChI=1S/C10H12N2O4.ClH/c13-10-2-1-7(5-9(10)12(14)15)8-6-16-4-3-11-8;/h1-2,5,8,11,13H,3-4,6H2;1H/t8-;/m0./s1. The van der Waals surface area contributed by atoms with Crippen LogP contribution in [0.4, 0.5) is 5.69 Å². The van der Waals surface area contributed by atoms with Crippen LogP contribution >= 0.6 is 12.4 Å². The number of morpholine rings is 1. The van der Waals surface area contributed by atoms with Crippen molar-refractivity contribution in [2.75, 3.05) is 19.8 Å². The predicted molar refractivity (Wildman–Crippen MR) is 63.6 cm³/mol. The summed E-state index contributed by atoms with van der Waals surface area (Å²) in [5.41, 5.74) is 0.481. The summed E-state index contributed by atoms with van der Waals surface area (Å²) in [7, 11) is 0. The second-order valence-corrected chi connectivity index (χ2v) is 3.59. The first-order chi connectivity index (χ1) is 7.68. The molecule has 94 valence electrons. The zero-order valence-electron chi connectivity index (χ0n) is 8.96. The molecular formula is C10H13ClN2O4. The van der Waals surface area contributed by atoms with Gasteiger partial charge in [-0.25, -0.2) is 0 Å². The minimum Gasteiger partial charge on any atom is -0.502 e. The lowest BCUT2D eigenvalue weighted by Crippen LogP contribution is -2.34. The number of phenolic OH excluding ortho intramolecular Hbond substituents is 1. The lowest BCUT2D eigenvalue weighted by Gasteiger charge is -2.23. The number of ether oxygens (including phenoxy) is 1. The third-order valence-electron chi connectivity index (χ3n) is 2.52. The van der Waals surface area contributed by atoms with E-state index in [1.165, 1.54) is 12.1 Å². The zero-order valence-corrected chi connectivity index (χ0v) is 9.77. The Morgan fingerprint density at radius 3 is 2.88 bits per heavy atom. The van der Waals surface area contributed by atoms with E-state index in [1.54, 1.807) is 6.07 Å². The van der Waals surface area contributed by atoms with Crippen LogP contribution in [0.5, 0.6) is 5.75 Å². The highest BCUT2D eigenvalue weighted by Crippen LogP contribution is 2.29. The van der Waals surface area contributed by atoms with Crippen molar-refractivity contribution in [2.24, 2.45) is 0 Å². The van der Waals surface area contributed by atoms with Crippen molar-refractivity contribution in [3.63, 3.8) is 0 Å². The Morgan fingerprint density at radius 1 is 1.53 bits per heavy atom. The first kappa shape index (κ1) is 13.7. The highest BCUT2D eigenvalue weighted by atomic mass is 35.5. The van der Waals surface area contributed by atoms with Gasteiger partial charge in [-0.2, -0.15) is 0 Å². The van der Waals surface area contributed by atoms with Crippen molar-refractivity contribution < 1.29 is 14.8 Å². The molecule has 1 aromatic rings. The summed E-state index contributed by atoms with van der Waals surface area (Å²) < 4.78 is 5.27. The van der Waals surface area contributed by atoms with Crippen molar-refractivity contribution in [3.8, 4) is 5.75 Å². The SMILES string of the molecule is Cl.O=[N+]([O-])c1cc([C@@H]2COCCN2)ccc1O. The fourth-order valence-electron chi connectivity index (χ4n) is 1.68. The lowest BCUT2D eigenvalue weighted by molar-refractivity contribution is -0.385. The van der Waals surface area contributed by atoms with Gasteiger partial charge in [0.2, 0.25) is 0 Å². The van der Waals surface area contributed by atoms with E-state index in [2.05, 4.69) is 5.32 Å². The average molecular weight is 261 g/mol. The molecule has 2 rings (SSSR count). The molecule has 17 heavy (non-hydrogen) atoms. The minimum absolute atomic E-state index is 0. The van der Waals surface area contributed by atoms with E-state index in [0.717, 1.165) is 12.1 Å². The average Bonchev–Trinajstić information content (AvgIpc) is 2.30. The van der Waals surface area contributed by atoms with Gasteiger partial charge in [0, 0.05) is 12.6 Å². The molecule has 0 unspecified atom stereocenters. The molecule has 1 aliphatic heterocycles. The van der Waals surface area contributed by atoms with Gasteiger partial charge in [-0.3, -0.25) is 10.1 Å². The molecule has 1 heterocycles. The Kier molecular flexibility index (Phi) is 4.68. The first-order valence-corrected chi connectivity index (χ1v) is 4.97. The van der Waals surface area contributed by atoms with Crippen LogP contribution in [0.15, 0.2) is 18.2 Å². The number of nitro groups is 1. The number of halogens is 1. The maximum Gasteiger partial charge on any atom is 0.311 e. The quantitative estimate of drug-likeness (QED) is 0.620. The van der Waals surface area contributed by atoms with E-state index in [0.29, 0.717) is 13.2 Å². The fraction of sp³-hybridized carbons (Fsp3) is 0.400. The number of nitro benzene ring substituents is 1. The summed E-state index contributed by atoms with van der Waals surface area (Å²) in [5, 5.41) is 23.2. The Labute approximate surface area is 104 Å². The number of phenols is 1. The van der Waals surface area contributed by atoms with E-state index in [-0.39, 0.29) is 29.9 Å². The summed E-state index contributed by atoms with van der Waals surface area (Å²) >= 11 is 0. The number of aromatic hydroxyl groups is 1. The van der Waals surface area contributed by atoms with Gasteiger partial charge >= 0.3 is 5.69 Å². The molecule has 1 atom stereocenters. The molecule has 0 aromatic heterocycles. The molecule has 0 saturated carbocycles. The molecule has 1 aliphatic rings. The highest BCUT2D eigenvalue weighted by molar-refractivity contribution is 5.85. The van der Waals surface area contributed by atoms with E-state index in [1.807, 2.05) is 0 Å². The van der Waals surface area contributed by atoms with Gasteiger partial charge in [-0.15, -0.1) is 12.4 Å². The molecular weight excluding hydrogens is 248 g/mol. The summed E-state index contributed by atoms with van der Waals surface area (Å²) in [5.74, 6) is -0.314. The topological polar surface area (TPSA) is 84.6 Å². The number of hydrogen-bond donors (Lipinski definition) is 2. The summed E-state index contributed by atoms with van der Waals surface area (Å²) in [6.45, 7) is 1.86. The Hall–Kier alpha value is -1.37. The molecule has 0 bridgehead atoms. The monoisotopic (exact) mass is 260 g/mol. The van der Waals surface area contributed by atoms with Crippen molar-refractivity contribution in [1.29, 1.82) is 0 Å². The summed E-state index contributed by atoms with van der Waals surface area (Å²) in [6, 6.07) is 4.33. The molecule has 1 aromatic carbocycles. The van der Waals surface area contributed by atoms with Gasteiger partial charge in [0.1, 0.15) is 0 Å².